The number of benzene rings is 1. The second-order valence-corrected chi connectivity index (χ2v) is 8.47. The summed E-state index contributed by atoms with van der Waals surface area (Å²) < 4.78 is 6.99. The van der Waals surface area contributed by atoms with Crippen LogP contribution in [0.4, 0.5) is 0 Å². The van der Waals surface area contributed by atoms with Crippen molar-refractivity contribution in [1.82, 2.24) is 25.5 Å². The Morgan fingerprint density at radius 3 is 2.96 bits per heavy atom. The first-order valence-electron chi connectivity index (χ1n) is 9.49. The van der Waals surface area contributed by atoms with Gasteiger partial charge < -0.3 is 10.1 Å². The Labute approximate surface area is 163 Å². The molecular weight excluding hydrogens is 362 g/mol. The number of thioether (sulfide) groups is 1. The molecule has 2 saturated carbocycles. The summed E-state index contributed by atoms with van der Waals surface area (Å²) in [5, 5.41) is 15.6. The van der Waals surface area contributed by atoms with E-state index in [1.165, 1.54) is 37.4 Å². The Hall–Kier alpha value is -2.09. The molecule has 0 aliphatic heterocycles. The van der Waals surface area contributed by atoms with Gasteiger partial charge in [0.1, 0.15) is 11.4 Å². The number of methoxy groups -OCH3 is 1. The van der Waals surface area contributed by atoms with Gasteiger partial charge in [-0.15, -0.1) is 5.10 Å². The number of carbonyl (C=O) groups excluding carboxylic acids is 1. The molecule has 0 spiro atoms. The molecule has 2 aliphatic rings. The molecule has 144 valence electrons. The minimum Gasteiger partial charge on any atom is -0.494 e. The smallest absolute Gasteiger partial charge is 0.230 e. The van der Waals surface area contributed by atoms with Crippen molar-refractivity contribution in [3.05, 3.63) is 24.3 Å². The number of para-hydroxylation sites is 2. The first-order chi connectivity index (χ1) is 13.2. The Balaban J connectivity index is 1.35. The summed E-state index contributed by atoms with van der Waals surface area (Å²) in [6, 6.07) is 7.77. The number of hydrogen-bond acceptors (Lipinski definition) is 6. The van der Waals surface area contributed by atoms with E-state index in [1.807, 2.05) is 24.3 Å². The number of aromatic nitrogens is 4. The Kier molecular flexibility index (Phi) is 5.33. The van der Waals surface area contributed by atoms with E-state index in [0.717, 1.165) is 17.5 Å². The number of carbonyl (C=O) groups is 1. The van der Waals surface area contributed by atoms with Gasteiger partial charge in [0.25, 0.3) is 0 Å². The van der Waals surface area contributed by atoms with Crippen LogP contribution >= 0.6 is 11.8 Å². The zero-order chi connectivity index (χ0) is 18.8. The van der Waals surface area contributed by atoms with Crippen LogP contribution in [0.2, 0.25) is 0 Å². The highest BCUT2D eigenvalue weighted by Crippen LogP contribution is 2.49. The summed E-state index contributed by atoms with van der Waals surface area (Å²) in [6.45, 7) is 2.15. The van der Waals surface area contributed by atoms with Crippen molar-refractivity contribution >= 4 is 17.7 Å². The molecule has 4 atom stereocenters. The average molecular weight is 388 g/mol. The summed E-state index contributed by atoms with van der Waals surface area (Å²) in [6.07, 6.45) is 5.33. The molecule has 1 N–H and O–H groups in total. The van der Waals surface area contributed by atoms with Crippen LogP contribution < -0.4 is 10.1 Å². The molecule has 27 heavy (non-hydrogen) atoms. The molecule has 2 aromatic rings. The molecule has 2 bridgehead atoms. The normalized spacial score (nSPS) is 24.7. The first-order valence-corrected chi connectivity index (χ1v) is 10.5. The molecule has 8 heteroatoms. The number of fused-ring (bicyclic) bond motifs is 2. The number of ether oxygens (including phenoxy) is 1. The van der Waals surface area contributed by atoms with Crippen LogP contribution in [0.15, 0.2) is 29.4 Å². The van der Waals surface area contributed by atoms with E-state index < -0.39 is 0 Å². The van der Waals surface area contributed by atoms with Gasteiger partial charge >= 0.3 is 0 Å². The van der Waals surface area contributed by atoms with Gasteiger partial charge in [-0.05, 0) is 66.5 Å². The summed E-state index contributed by atoms with van der Waals surface area (Å²) >= 11 is 1.33. The van der Waals surface area contributed by atoms with E-state index in [9.17, 15) is 4.79 Å². The monoisotopic (exact) mass is 387 g/mol. The van der Waals surface area contributed by atoms with Crippen LogP contribution in [0.1, 0.15) is 32.6 Å². The minimum absolute atomic E-state index is 0.0323. The van der Waals surface area contributed by atoms with Gasteiger partial charge in [0.2, 0.25) is 11.1 Å². The Morgan fingerprint density at radius 2 is 2.22 bits per heavy atom. The van der Waals surface area contributed by atoms with Crippen molar-refractivity contribution < 1.29 is 9.53 Å². The van der Waals surface area contributed by atoms with Crippen LogP contribution in [0, 0.1) is 17.8 Å². The summed E-state index contributed by atoms with van der Waals surface area (Å²) in [4.78, 5) is 12.4. The molecule has 1 aromatic heterocycles. The number of nitrogens with one attached hydrogen (secondary N) is 1. The van der Waals surface area contributed by atoms with Crippen molar-refractivity contribution in [2.45, 2.75) is 43.8 Å². The minimum atomic E-state index is 0.0323. The maximum atomic E-state index is 12.4. The number of amides is 1. The van der Waals surface area contributed by atoms with Crippen LogP contribution in [0.3, 0.4) is 0 Å². The van der Waals surface area contributed by atoms with Gasteiger partial charge in [0.05, 0.1) is 12.9 Å². The molecule has 2 aliphatic carbocycles. The Morgan fingerprint density at radius 1 is 1.37 bits per heavy atom. The van der Waals surface area contributed by atoms with Crippen molar-refractivity contribution in [2.75, 3.05) is 12.9 Å². The lowest BCUT2D eigenvalue weighted by atomic mass is 9.84. The van der Waals surface area contributed by atoms with Crippen LogP contribution in [-0.4, -0.2) is 45.0 Å². The number of hydrogen-bond donors (Lipinski definition) is 1. The second-order valence-electron chi connectivity index (χ2n) is 7.53. The molecule has 1 heterocycles. The number of nitrogens with zero attached hydrogens (tertiary/aromatic N) is 4. The molecular formula is C19H25N5O2S. The fourth-order valence-corrected chi connectivity index (χ4v) is 5.36. The first kappa shape index (κ1) is 18.3. The fourth-order valence-electron chi connectivity index (χ4n) is 4.66. The van der Waals surface area contributed by atoms with Gasteiger partial charge in [-0.1, -0.05) is 30.3 Å². The highest BCUT2D eigenvalue weighted by molar-refractivity contribution is 7.99. The third-order valence-electron chi connectivity index (χ3n) is 5.91. The molecule has 4 rings (SSSR count). The van der Waals surface area contributed by atoms with E-state index >= 15 is 0 Å². The maximum absolute atomic E-state index is 12.4. The third-order valence-corrected chi connectivity index (χ3v) is 6.83. The van der Waals surface area contributed by atoms with Gasteiger partial charge in [0, 0.05) is 6.04 Å². The quantitative estimate of drug-likeness (QED) is 0.736. The standard InChI is InChI=1S/C19H25N5O2S/c1-12(15-10-13-7-8-14(15)9-13)20-18(25)11-27-19-21-22-23-24(19)16-5-3-4-6-17(16)26-2/h3-6,12-15H,7-11H2,1-2H3,(H,20,25). The van der Waals surface area contributed by atoms with E-state index in [2.05, 4.69) is 27.8 Å². The zero-order valence-electron chi connectivity index (χ0n) is 15.7. The van der Waals surface area contributed by atoms with Crippen LogP contribution in [0.5, 0.6) is 5.75 Å². The van der Waals surface area contributed by atoms with Crippen molar-refractivity contribution in [3.63, 3.8) is 0 Å². The summed E-state index contributed by atoms with van der Waals surface area (Å²) in [7, 11) is 1.61. The number of rotatable bonds is 7. The van der Waals surface area contributed by atoms with E-state index in [-0.39, 0.29) is 11.9 Å². The lowest BCUT2D eigenvalue weighted by molar-refractivity contribution is -0.119. The van der Waals surface area contributed by atoms with E-state index in [1.54, 1.807) is 11.8 Å². The van der Waals surface area contributed by atoms with Gasteiger partial charge in [-0.25, -0.2) is 0 Å². The Bertz CT molecular complexity index is 811. The van der Waals surface area contributed by atoms with Gasteiger partial charge in [0.15, 0.2) is 0 Å². The van der Waals surface area contributed by atoms with Crippen LogP contribution in [0.25, 0.3) is 5.69 Å². The van der Waals surface area contributed by atoms with Crippen molar-refractivity contribution in [1.29, 1.82) is 0 Å². The molecule has 2 fully saturated rings. The van der Waals surface area contributed by atoms with Crippen LogP contribution in [-0.2, 0) is 4.79 Å². The molecule has 7 nitrogen and oxygen atoms in total. The predicted octanol–water partition coefficient (Wildman–Crippen LogP) is 2.70. The second kappa shape index (κ2) is 7.88. The molecule has 4 unspecified atom stereocenters. The van der Waals surface area contributed by atoms with Crippen molar-refractivity contribution in [2.24, 2.45) is 17.8 Å². The van der Waals surface area contributed by atoms with E-state index in [4.69, 9.17) is 4.74 Å². The largest absolute Gasteiger partial charge is 0.494 e. The lowest BCUT2D eigenvalue weighted by Gasteiger charge is -2.28. The fraction of sp³-hybridized carbons (Fsp3) is 0.579. The number of tetrazole rings is 1. The highest BCUT2D eigenvalue weighted by Gasteiger charge is 2.42. The molecule has 1 aromatic carbocycles. The topological polar surface area (TPSA) is 81.9 Å². The maximum Gasteiger partial charge on any atom is 0.230 e. The molecule has 1 amide bonds. The average Bonchev–Trinajstić information content (AvgIpc) is 3.42. The lowest BCUT2D eigenvalue weighted by Crippen LogP contribution is -2.40. The highest BCUT2D eigenvalue weighted by atomic mass is 32.2. The SMILES string of the molecule is COc1ccccc1-n1nnnc1SCC(=O)NC(C)C1CC2CCC1C2. The molecule has 0 saturated heterocycles. The third kappa shape index (κ3) is 3.81. The summed E-state index contributed by atoms with van der Waals surface area (Å²) in [5.74, 6) is 3.33. The molecule has 0 radical (unpaired) electrons. The summed E-state index contributed by atoms with van der Waals surface area (Å²) in [5.41, 5.74) is 0.753. The van der Waals surface area contributed by atoms with Gasteiger partial charge in [-0.2, -0.15) is 4.68 Å². The zero-order valence-corrected chi connectivity index (χ0v) is 16.5. The van der Waals surface area contributed by atoms with Gasteiger partial charge in [-0.3, -0.25) is 4.79 Å². The predicted molar refractivity (Wildman–Crippen MR) is 103 cm³/mol. The van der Waals surface area contributed by atoms with Crippen molar-refractivity contribution in [3.8, 4) is 11.4 Å². The van der Waals surface area contributed by atoms with E-state index in [0.29, 0.717) is 22.6 Å².